The third-order valence-electron chi connectivity index (χ3n) is 0.658. The van der Waals surface area contributed by atoms with E-state index in [1.54, 1.807) is 0 Å². The monoisotopic (exact) mass is 152 g/mol. The second-order valence-corrected chi connectivity index (χ2v) is 1.57. The summed E-state index contributed by atoms with van der Waals surface area (Å²) in [5, 5.41) is 0. The summed E-state index contributed by atoms with van der Waals surface area (Å²) in [5.41, 5.74) is 0. The molecule has 0 bridgehead atoms. The first-order valence-electron chi connectivity index (χ1n) is 2.47. The topological polar surface area (TPSA) is 9.23 Å². The highest BCUT2D eigenvalue weighted by Gasteiger charge is 2.08. The molecule has 0 aliphatic carbocycles. The highest BCUT2D eigenvalue weighted by molar-refractivity contribution is 4.89. The van der Waals surface area contributed by atoms with Gasteiger partial charge in [0.1, 0.15) is 12.4 Å². The van der Waals surface area contributed by atoms with Gasteiger partial charge in [0, 0.05) is 0 Å². The number of ether oxygens (including phenoxy) is 1. The van der Waals surface area contributed by atoms with Crippen LogP contribution in [0.15, 0.2) is 24.7 Å². The van der Waals surface area contributed by atoms with Crippen LogP contribution in [0, 0.1) is 0 Å². The largest absolute Gasteiger partial charge is 0.485 e. The summed E-state index contributed by atoms with van der Waals surface area (Å²) in [7, 11) is 0. The average Bonchev–Trinajstić information content (AvgIpc) is 1.82. The molecule has 0 aliphatic rings. The molecule has 0 aliphatic heterocycles. The summed E-state index contributed by atoms with van der Waals surface area (Å²) in [5.74, 6) is -1.54. The molecular formula is C6H7F3O. The lowest BCUT2D eigenvalue weighted by atomic mass is 10.5. The van der Waals surface area contributed by atoms with Crippen LogP contribution in [0.25, 0.3) is 0 Å². The molecule has 0 spiro atoms. The first-order chi connectivity index (χ1) is 4.54. The molecule has 0 atom stereocenters. The smallest absolute Gasteiger partial charge is 0.294 e. The van der Waals surface area contributed by atoms with Crippen molar-refractivity contribution in [2.24, 2.45) is 0 Å². The normalized spacial score (nSPS) is 9.60. The van der Waals surface area contributed by atoms with Crippen LogP contribution in [-0.4, -0.2) is 13.0 Å². The molecule has 1 nitrogen and oxygen atoms in total. The Morgan fingerprint density at radius 3 is 2.20 bits per heavy atom. The maximum Gasteiger partial charge on any atom is 0.294 e. The van der Waals surface area contributed by atoms with E-state index in [1.165, 1.54) is 0 Å². The van der Waals surface area contributed by atoms with Crippen LogP contribution in [0.2, 0.25) is 0 Å². The number of hydrogen-bond acceptors (Lipinski definition) is 1. The lowest BCUT2D eigenvalue weighted by Gasteiger charge is -2.04. The minimum absolute atomic E-state index is 0.552. The van der Waals surface area contributed by atoms with Crippen molar-refractivity contribution in [3.8, 4) is 0 Å². The highest BCUT2D eigenvalue weighted by atomic mass is 19.3. The Bertz CT molecular complexity index is 142. The van der Waals surface area contributed by atoms with E-state index in [0.29, 0.717) is 0 Å². The van der Waals surface area contributed by atoms with Crippen LogP contribution in [0.1, 0.15) is 0 Å². The number of rotatable bonds is 4. The van der Waals surface area contributed by atoms with E-state index in [9.17, 15) is 13.2 Å². The molecule has 0 aromatic heterocycles. The van der Waals surface area contributed by atoms with Crippen LogP contribution in [0.4, 0.5) is 13.2 Å². The summed E-state index contributed by atoms with van der Waals surface area (Å²) in [6, 6.07) is 0. The van der Waals surface area contributed by atoms with E-state index in [2.05, 4.69) is 17.9 Å². The third kappa shape index (κ3) is 4.00. The fourth-order valence-electron chi connectivity index (χ4n) is 0.234. The van der Waals surface area contributed by atoms with Crippen molar-refractivity contribution in [1.29, 1.82) is 0 Å². The quantitative estimate of drug-likeness (QED) is 0.561. The zero-order valence-corrected chi connectivity index (χ0v) is 5.24. The molecule has 0 aromatic rings. The molecule has 0 N–H and O–H groups in total. The van der Waals surface area contributed by atoms with Gasteiger partial charge >= 0.3 is 0 Å². The van der Waals surface area contributed by atoms with E-state index >= 15 is 0 Å². The Kier molecular flexibility index (Phi) is 3.61. The van der Waals surface area contributed by atoms with Gasteiger partial charge in [0.05, 0.1) is 0 Å². The lowest BCUT2D eigenvalue weighted by Crippen LogP contribution is -2.01. The van der Waals surface area contributed by atoms with Crippen LogP contribution in [-0.2, 0) is 4.74 Å². The Morgan fingerprint density at radius 1 is 1.40 bits per heavy atom. The summed E-state index contributed by atoms with van der Waals surface area (Å²) in [6.07, 6.45) is -2.76. The van der Waals surface area contributed by atoms with Gasteiger partial charge in [-0.1, -0.05) is 13.2 Å². The van der Waals surface area contributed by atoms with Gasteiger partial charge in [-0.3, -0.25) is 0 Å². The van der Waals surface area contributed by atoms with Crippen LogP contribution in [0.5, 0.6) is 0 Å². The van der Waals surface area contributed by atoms with Crippen molar-refractivity contribution in [3.05, 3.63) is 24.7 Å². The van der Waals surface area contributed by atoms with Crippen LogP contribution < -0.4 is 0 Å². The van der Waals surface area contributed by atoms with Gasteiger partial charge < -0.3 is 4.74 Å². The van der Waals surface area contributed by atoms with Gasteiger partial charge in [-0.05, 0) is 0 Å². The minimum atomic E-state index is -2.76. The van der Waals surface area contributed by atoms with Gasteiger partial charge in [0.15, 0.2) is 5.76 Å². The molecule has 4 heteroatoms. The SMILES string of the molecule is C=C(F)COC(=C)C(F)F. The highest BCUT2D eigenvalue weighted by Crippen LogP contribution is 2.08. The zero-order chi connectivity index (χ0) is 8.15. The van der Waals surface area contributed by atoms with Gasteiger partial charge in [0.2, 0.25) is 0 Å². The Labute approximate surface area is 56.8 Å². The number of halogens is 3. The standard InChI is InChI=1S/C6H7F3O/c1-4(7)3-10-5(2)6(8)9/h6H,1-3H2. The second kappa shape index (κ2) is 3.98. The van der Waals surface area contributed by atoms with E-state index in [4.69, 9.17) is 0 Å². The molecule has 0 fully saturated rings. The van der Waals surface area contributed by atoms with Crippen molar-refractivity contribution in [1.82, 2.24) is 0 Å². The number of alkyl halides is 2. The zero-order valence-electron chi connectivity index (χ0n) is 5.24. The van der Waals surface area contributed by atoms with Gasteiger partial charge in [0.25, 0.3) is 6.43 Å². The van der Waals surface area contributed by atoms with E-state index in [-0.39, 0.29) is 0 Å². The van der Waals surface area contributed by atoms with Crippen molar-refractivity contribution in [3.63, 3.8) is 0 Å². The molecule has 0 rings (SSSR count). The number of hydrogen-bond donors (Lipinski definition) is 0. The van der Waals surface area contributed by atoms with E-state index < -0.39 is 24.6 Å². The van der Waals surface area contributed by atoms with Gasteiger partial charge in [-0.25, -0.2) is 13.2 Å². The molecule has 0 saturated heterocycles. The fourth-order valence-corrected chi connectivity index (χ4v) is 0.234. The maximum absolute atomic E-state index is 11.7. The molecular weight excluding hydrogens is 145 g/mol. The van der Waals surface area contributed by atoms with Crippen LogP contribution in [0.3, 0.4) is 0 Å². The molecule has 10 heavy (non-hydrogen) atoms. The Hall–Kier alpha value is -0.930. The summed E-state index contributed by atoms with van der Waals surface area (Å²) < 4.78 is 38.9. The molecule has 0 radical (unpaired) electrons. The summed E-state index contributed by atoms with van der Waals surface area (Å²) in [6.45, 7) is 5.10. The van der Waals surface area contributed by atoms with Gasteiger partial charge in [-0.15, -0.1) is 0 Å². The van der Waals surface area contributed by atoms with Crippen molar-refractivity contribution in [2.45, 2.75) is 6.43 Å². The second-order valence-electron chi connectivity index (χ2n) is 1.57. The molecule has 0 aromatic carbocycles. The number of allylic oxidation sites excluding steroid dienone is 1. The molecule has 58 valence electrons. The molecule has 0 unspecified atom stereocenters. The molecule has 0 saturated carbocycles. The summed E-state index contributed by atoms with van der Waals surface area (Å²) in [4.78, 5) is 0. The van der Waals surface area contributed by atoms with E-state index in [1.807, 2.05) is 0 Å². The van der Waals surface area contributed by atoms with E-state index in [0.717, 1.165) is 0 Å². The predicted octanol–water partition coefficient (Wildman–Crippen LogP) is 2.27. The van der Waals surface area contributed by atoms with Crippen molar-refractivity contribution < 1.29 is 17.9 Å². The third-order valence-corrected chi connectivity index (χ3v) is 0.658. The maximum atomic E-state index is 11.7. The van der Waals surface area contributed by atoms with Gasteiger partial charge in [-0.2, -0.15) is 0 Å². The lowest BCUT2D eigenvalue weighted by molar-refractivity contribution is 0.0880. The molecule has 0 amide bonds. The van der Waals surface area contributed by atoms with Crippen molar-refractivity contribution in [2.75, 3.05) is 6.61 Å². The first-order valence-corrected chi connectivity index (χ1v) is 2.47. The first kappa shape index (κ1) is 9.07. The van der Waals surface area contributed by atoms with Crippen LogP contribution >= 0.6 is 0 Å². The minimum Gasteiger partial charge on any atom is -0.485 e. The summed E-state index contributed by atoms with van der Waals surface area (Å²) >= 11 is 0. The molecule has 0 heterocycles. The predicted molar refractivity (Wildman–Crippen MR) is 31.3 cm³/mol. The Balaban J connectivity index is 3.50. The Morgan fingerprint density at radius 2 is 1.90 bits per heavy atom. The average molecular weight is 152 g/mol. The fraction of sp³-hybridized carbons (Fsp3) is 0.333. The van der Waals surface area contributed by atoms with Crippen molar-refractivity contribution >= 4 is 0 Å².